The van der Waals surface area contributed by atoms with Gasteiger partial charge < -0.3 is 32.6 Å². The normalized spacial score (nSPS) is 14.5. The molecule has 0 fully saturated rings. The molecule has 2 amide bonds. The van der Waals surface area contributed by atoms with Crippen molar-refractivity contribution in [1.82, 2.24) is 10.6 Å². The minimum atomic E-state index is -0.766. The molecule has 0 saturated carbocycles. The second-order valence-electron chi connectivity index (χ2n) is 6.70. The van der Waals surface area contributed by atoms with Crippen LogP contribution in [0, 0.1) is 11.8 Å². The highest BCUT2D eigenvalue weighted by Crippen LogP contribution is 2.06. The number of guanidine groups is 1. The van der Waals surface area contributed by atoms with Gasteiger partial charge in [-0.3, -0.25) is 14.6 Å². The van der Waals surface area contributed by atoms with Crippen molar-refractivity contribution < 1.29 is 14.4 Å². The molecule has 0 spiro atoms. The van der Waals surface area contributed by atoms with Gasteiger partial charge in [-0.15, -0.1) is 0 Å². The van der Waals surface area contributed by atoms with E-state index in [1.54, 1.807) is 13.8 Å². The lowest BCUT2D eigenvalue weighted by atomic mass is 10.00. The maximum absolute atomic E-state index is 12.4. The van der Waals surface area contributed by atoms with E-state index in [9.17, 15) is 14.4 Å². The molecule has 144 valence electrons. The van der Waals surface area contributed by atoms with Crippen LogP contribution in [0.2, 0.25) is 0 Å². The Bertz CT molecular complexity index is 474. The van der Waals surface area contributed by atoms with Crippen molar-refractivity contribution in [2.75, 3.05) is 6.54 Å². The highest BCUT2D eigenvalue weighted by Gasteiger charge is 2.28. The van der Waals surface area contributed by atoms with Gasteiger partial charge in [-0.1, -0.05) is 27.7 Å². The van der Waals surface area contributed by atoms with Crippen LogP contribution in [0.25, 0.3) is 0 Å². The standard InChI is InChI=1S/C16H32N6O3/c1-9(2)12(17)14(24)22-13(10(3)4)15(25)21-11(8-23)6-5-7-20-16(18)19/h8-13H,5-7,17H2,1-4H3,(H,21,25)(H,22,24)(H4,18,19,20)/t11-,12-,13-/m0/s1. The van der Waals surface area contributed by atoms with E-state index in [4.69, 9.17) is 17.2 Å². The fraction of sp³-hybridized carbons (Fsp3) is 0.750. The van der Waals surface area contributed by atoms with Crippen LogP contribution in [0.1, 0.15) is 40.5 Å². The molecule has 0 aromatic carbocycles. The molecule has 3 atom stereocenters. The fourth-order valence-corrected chi connectivity index (χ4v) is 2.05. The van der Waals surface area contributed by atoms with Crippen molar-refractivity contribution in [3.05, 3.63) is 0 Å². The van der Waals surface area contributed by atoms with Gasteiger partial charge in [0.1, 0.15) is 12.3 Å². The Balaban J connectivity index is 4.72. The Labute approximate surface area is 149 Å². The van der Waals surface area contributed by atoms with Crippen molar-refractivity contribution in [2.24, 2.45) is 34.0 Å². The Morgan fingerprint density at radius 2 is 1.64 bits per heavy atom. The molecular weight excluding hydrogens is 324 g/mol. The van der Waals surface area contributed by atoms with Crippen molar-refractivity contribution in [3.63, 3.8) is 0 Å². The van der Waals surface area contributed by atoms with Gasteiger partial charge in [0.25, 0.3) is 0 Å². The second kappa shape index (κ2) is 11.4. The van der Waals surface area contributed by atoms with Crippen LogP contribution >= 0.6 is 0 Å². The number of aliphatic imine (C=N–C) groups is 1. The summed E-state index contributed by atoms with van der Waals surface area (Å²) in [5.74, 6) is -1.03. The zero-order valence-corrected chi connectivity index (χ0v) is 15.5. The molecule has 0 saturated heterocycles. The molecule has 0 aliphatic carbocycles. The van der Waals surface area contributed by atoms with Crippen LogP contribution in [-0.4, -0.2) is 48.7 Å². The number of hydrogen-bond donors (Lipinski definition) is 5. The van der Waals surface area contributed by atoms with Crippen molar-refractivity contribution in [3.8, 4) is 0 Å². The zero-order valence-electron chi connectivity index (χ0n) is 15.5. The lowest BCUT2D eigenvalue weighted by Gasteiger charge is -2.25. The molecule has 8 N–H and O–H groups in total. The molecule has 9 nitrogen and oxygen atoms in total. The van der Waals surface area contributed by atoms with Crippen LogP contribution in [0.4, 0.5) is 0 Å². The maximum Gasteiger partial charge on any atom is 0.243 e. The van der Waals surface area contributed by atoms with Gasteiger partial charge in [0, 0.05) is 6.54 Å². The molecule has 25 heavy (non-hydrogen) atoms. The highest BCUT2D eigenvalue weighted by molar-refractivity contribution is 5.91. The molecule has 9 heteroatoms. The molecule has 0 aromatic rings. The monoisotopic (exact) mass is 356 g/mol. The summed E-state index contributed by atoms with van der Waals surface area (Å²) < 4.78 is 0. The Hall–Kier alpha value is -2.16. The predicted octanol–water partition coefficient (Wildman–Crippen LogP) is -1.15. The van der Waals surface area contributed by atoms with E-state index in [0.717, 1.165) is 0 Å². The summed E-state index contributed by atoms with van der Waals surface area (Å²) >= 11 is 0. The van der Waals surface area contributed by atoms with E-state index >= 15 is 0 Å². The summed E-state index contributed by atoms with van der Waals surface area (Å²) in [5.41, 5.74) is 16.3. The van der Waals surface area contributed by atoms with Crippen LogP contribution in [0.5, 0.6) is 0 Å². The van der Waals surface area contributed by atoms with Gasteiger partial charge in [-0.25, -0.2) is 0 Å². The Morgan fingerprint density at radius 1 is 1.04 bits per heavy atom. The van der Waals surface area contributed by atoms with Crippen LogP contribution in [0.3, 0.4) is 0 Å². The summed E-state index contributed by atoms with van der Waals surface area (Å²) in [6.07, 6.45) is 1.60. The quantitative estimate of drug-likeness (QED) is 0.136. The fourth-order valence-electron chi connectivity index (χ4n) is 2.05. The largest absolute Gasteiger partial charge is 0.370 e. The molecule has 0 bridgehead atoms. The number of carbonyl (C=O) groups excluding carboxylic acids is 3. The summed E-state index contributed by atoms with van der Waals surface area (Å²) in [5, 5.41) is 5.30. The number of aldehydes is 1. The van der Waals surface area contributed by atoms with Crippen molar-refractivity contribution in [1.29, 1.82) is 0 Å². The lowest BCUT2D eigenvalue weighted by Crippen LogP contribution is -2.56. The smallest absolute Gasteiger partial charge is 0.243 e. The second-order valence-corrected chi connectivity index (χ2v) is 6.70. The highest BCUT2D eigenvalue weighted by atomic mass is 16.2. The van der Waals surface area contributed by atoms with Crippen LogP contribution < -0.4 is 27.8 Å². The van der Waals surface area contributed by atoms with Crippen LogP contribution in [0.15, 0.2) is 4.99 Å². The summed E-state index contributed by atoms with van der Waals surface area (Å²) in [6, 6.07) is -2.13. The molecule has 0 aromatic heterocycles. The average Bonchev–Trinajstić information content (AvgIpc) is 2.53. The predicted molar refractivity (Wildman–Crippen MR) is 97.5 cm³/mol. The van der Waals surface area contributed by atoms with E-state index in [2.05, 4.69) is 15.6 Å². The van der Waals surface area contributed by atoms with Crippen molar-refractivity contribution in [2.45, 2.75) is 58.7 Å². The first kappa shape index (κ1) is 22.8. The van der Waals surface area contributed by atoms with Gasteiger partial charge in [-0.2, -0.15) is 0 Å². The molecule has 0 radical (unpaired) electrons. The molecule has 0 heterocycles. The number of nitrogens with zero attached hydrogens (tertiary/aromatic N) is 1. The Kier molecular flexibility index (Phi) is 10.4. The van der Waals surface area contributed by atoms with Crippen LogP contribution in [-0.2, 0) is 14.4 Å². The maximum atomic E-state index is 12.4. The third kappa shape index (κ3) is 9.04. The first-order chi connectivity index (χ1) is 11.6. The van der Waals surface area contributed by atoms with Gasteiger partial charge in [0.2, 0.25) is 11.8 Å². The average molecular weight is 356 g/mol. The molecule has 0 aliphatic rings. The number of rotatable bonds is 11. The third-order valence-corrected chi connectivity index (χ3v) is 3.73. The number of nitrogens with two attached hydrogens (primary N) is 3. The van der Waals surface area contributed by atoms with Gasteiger partial charge in [-0.05, 0) is 24.7 Å². The first-order valence-electron chi connectivity index (χ1n) is 8.47. The Morgan fingerprint density at radius 3 is 2.08 bits per heavy atom. The third-order valence-electron chi connectivity index (χ3n) is 3.73. The van der Waals surface area contributed by atoms with E-state index in [1.165, 1.54) is 0 Å². The van der Waals surface area contributed by atoms with E-state index in [0.29, 0.717) is 25.7 Å². The first-order valence-corrected chi connectivity index (χ1v) is 8.47. The molecule has 0 rings (SSSR count). The van der Waals surface area contributed by atoms with Gasteiger partial charge in [0.15, 0.2) is 5.96 Å². The number of amides is 2. The topological polar surface area (TPSA) is 166 Å². The minimum Gasteiger partial charge on any atom is -0.370 e. The number of carbonyl (C=O) groups is 3. The molecule has 0 unspecified atom stereocenters. The van der Waals surface area contributed by atoms with Gasteiger partial charge in [0.05, 0.1) is 12.1 Å². The van der Waals surface area contributed by atoms with Gasteiger partial charge >= 0.3 is 0 Å². The zero-order chi connectivity index (χ0) is 19.6. The SMILES string of the molecule is CC(C)[C@H](N)C(=O)N[C@H](C(=O)N[C@H](C=O)CCCN=C(N)N)C(C)C. The summed E-state index contributed by atoms with van der Waals surface area (Å²) in [6.45, 7) is 7.64. The van der Waals surface area contributed by atoms with E-state index in [-0.39, 0.29) is 23.7 Å². The lowest BCUT2D eigenvalue weighted by molar-refractivity contribution is -0.132. The summed E-state index contributed by atoms with van der Waals surface area (Å²) in [4.78, 5) is 39.5. The summed E-state index contributed by atoms with van der Waals surface area (Å²) in [7, 11) is 0. The number of nitrogens with one attached hydrogen (secondary N) is 2. The molecular formula is C16H32N6O3. The van der Waals surface area contributed by atoms with Crippen molar-refractivity contribution >= 4 is 24.1 Å². The number of hydrogen-bond acceptors (Lipinski definition) is 5. The molecule has 0 aliphatic heterocycles. The van der Waals surface area contributed by atoms with E-state index < -0.39 is 24.0 Å². The minimum absolute atomic E-state index is 0.0178. The van der Waals surface area contributed by atoms with E-state index in [1.807, 2.05) is 13.8 Å².